The van der Waals surface area contributed by atoms with Crippen LogP contribution >= 0.6 is 0 Å². The molecule has 0 unspecified atom stereocenters. The molecule has 0 atom stereocenters. The van der Waals surface area contributed by atoms with Crippen LogP contribution in [-0.4, -0.2) is 50.8 Å². The van der Waals surface area contributed by atoms with Crippen molar-refractivity contribution in [3.05, 3.63) is 34.4 Å². The Bertz CT molecular complexity index is 550. The van der Waals surface area contributed by atoms with E-state index in [9.17, 15) is 14.9 Å². The van der Waals surface area contributed by atoms with Gasteiger partial charge < -0.3 is 20.1 Å². The lowest BCUT2D eigenvalue weighted by Crippen LogP contribution is -2.47. The van der Waals surface area contributed by atoms with E-state index in [-0.39, 0.29) is 23.6 Å². The van der Waals surface area contributed by atoms with Crippen molar-refractivity contribution in [2.45, 2.75) is 12.8 Å². The first-order valence-corrected chi connectivity index (χ1v) is 7.88. The summed E-state index contributed by atoms with van der Waals surface area (Å²) in [6.45, 7) is 2.86. The summed E-state index contributed by atoms with van der Waals surface area (Å²) in [7, 11) is 1.67. The number of carbonyl (C=O) groups is 1. The maximum Gasteiger partial charge on any atom is 0.269 e. The third-order valence-corrected chi connectivity index (χ3v) is 4.19. The topological polar surface area (TPSA) is 103 Å². The third-order valence-electron chi connectivity index (χ3n) is 4.19. The second-order valence-electron chi connectivity index (χ2n) is 6.00. The number of nitro benzene ring substituents is 1. The van der Waals surface area contributed by atoms with Gasteiger partial charge in [0.15, 0.2) is 6.61 Å². The number of nitrogens with zero attached hydrogens (tertiary/aromatic N) is 1. The number of benzene rings is 1. The van der Waals surface area contributed by atoms with E-state index < -0.39 is 4.92 Å². The van der Waals surface area contributed by atoms with Crippen LogP contribution in [0.25, 0.3) is 0 Å². The molecule has 0 aromatic heterocycles. The molecule has 2 N–H and O–H groups in total. The molecule has 2 rings (SSSR count). The number of amides is 1. The van der Waals surface area contributed by atoms with Crippen LogP contribution in [-0.2, 0) is 9.53 Å². The van der Waals surface area contributed by atoms with Crippen LogP contribution < -0.4 is 15.4 Å². The first-order valence-electron chi connectivity index (χ1n) is 7.88. The van der Waals surface area contributed by atoms with E-state index in [1.165, 1.54) is 24.3 Å². The number of nitrogens with one attached hydrogen (secondary N) is 2. The molecule has 8 heteroatoms. The summed E-state index contributed by atoms with van der Waals surface area (Å²) in [5, 5.41) is 16.8. The Morgan fingerprint density at radius 1 is 1.33 bits per heavy atom. The summed E-state index contributed by atoms with van der Waals surface area (Å²) in [6, 6.07) is 5.64. The van der Waals surface area contributed by atoms with Gasteiger partial charge in [-0.3, -0.25) is 14.9 Å². The molecule has 8 nitrogen and oxygen atoms in total. The first-order chi connectivity index (χ1) is 11.5. The molecule has 0 radical (unpaired) electrons. The summed E-state index contributed by atoms with van der Waals surface area (Å²) in [5.41, 5.74) is -0.0533. The summed E-state index contributed by atoms with van der Waals surface area (Å²) in [5.74, 6) is 0.201. The Balaban J connectivity index is 1.78. The molecule has 0 aliphatic carbocycles. The van der Waals surface area contributed by atoms with Gasteiger partial charge >= 0.3 is 0 Å². The molecule has 1 heterocycles. The Hall–Kier alpha value is -2.19. The monoisotopic (exact) mass is 337 g/mol. The fourth-order valence-corrected chi connectivity index (χ4v) is 2.79. The van der Waals surface area contributed by atoms with Crippen molar-refractivity contribution in [2.75, 3.05) is 40.0 Å². The van der Waals surface area contributed by atoms with Crippen molar-refractivity contribution in [2.24, 2.45) is 5.41 Å². The minimum atomic E-state index is -0.481. The molecule has 1 aliphatic heterocycles. The molecule has 132 valence electrons. The molecule has 1 aromatic rings. The van der Waals surface area contributed by atoms with E-state index in [1.807, 2.05) is 0 Å². The van der Waals surface area contributed by atoms with Gasteiger partial charge in [-0.2, -0.15) is 0 Å². The summed E-state index contributed by atoms with van der Waals surface area (Å²) >= 11 is 0. The van der Waals surface area contributed by atoms with Gasteiger partial charge in [-0.1, -0.05) is 0 Å². The van der Waals surface area contributed by atoms with Gasteiger partial charge in [0.25, 0.3) is 11.6 Å². The number of rotatable bonds is 8. The molecule has 1 amide bonds. The van der Waals surface area contributed by atoms with Crippen molar-refractivity contribution in [3.63, 3.8) is 0 Å². The molecule has 0 saturated carbocycles. The third kappa shape index (κ3) is 5.17. The van der Waals surface area contributed by atoms with Gasteiger partial charge in [0.05, 0.1) is 11.5 Å². The summed E-state index contributed by atoms with van der Waals surface area (Å²) < 4.78 is 10.7. The van der Waals surface area contributed by atoms with E-state index in [0.717, 1.165) is 25.9 Å². The fraction of sp³-hybridized carbons (Fsp3) is 0.562. The predicted molar refractivity (Wildman–Crippen MR) is 88.0 cm³/mol. The molecular formula is C16H23N3O5. The number of ether oxygens (including phenoxy) is 2. The molecule has 0 bridgehead atoms. The van der Waals surface area contributed by atoms with Gasteiger partial charge in [-0.25, -0.2) is 0 Å². The number of hydrogen-bond acceptors (Lipinski definition) is 6. The lowest BCUT2D eigenvalue weighted by molar-refractivity contribution is -0.384. The standard InChI is InChI=1S/C16H23N3O5/c1-23-12-16(6-8-17-9-7-16)11-18-15(20)10-24-14-4-2-13(3-5-14)19(21)22/h2-5,17H,6-12H2,1H3,(H,18,20). The van der Waals surface area contributed by atoms with Gasteiger partial charge in [0.1, 0.15) is 5.75 Å². The van der Waals surface area contributed by atoms with E-state index in [2.05, 4.69) is 10.6 Å². The Kier molecular flexibility index (Phi) is 6.51. The molecule has 0 spiro atoms. The lowest BCUT2D eigenvalue weighted by Gasteiger charge is -2.37. The van der Waals surface area contributed by atoms with Crippen molar-refractivity contribution in [1.29, 1.82) is 0 Å². The van der Waals surface area contributed by atoms with Crippen molar-refractivity contribution < 1.29 is 19.2 Å². The number of nitro groups is 1. The van der Waals surface area contributed by atoms with Crippen LogP contribution in [0.15, 0.2) is 24.3 Å². The maximum atomic E-state index is 12.0. The summed E-state index contributed by atoms with van der Waals surface area (Å²) in [6.07, 6.45) is 1.90. The van der Waals surface area contributed by atoms with Crippen LogP contribution in [0.4, 0.5) is 5.69 Å². The number of non-ortho nitro benzene ring substituents is 1. The number of piperidine rings is 1. The van der Waals surface area contributed by atoms with Gasteiger partial charge in [-0.15, -0.1) is 0 Å². The van der Waals surface area contributed by atoms with Gasteiger partial charge in [0.2, 0.25) is 0 Å². The van der Waals surface area contributed by atoms with E-state index in [4.69, 9.17) is 9.47 Å². The second kappa shape index (κ2) is 8.60. The highest BCUT2D eigenvalue weighted by Crippen LogP contribution is 2.28. The smallest absolute Gasteiger partial charge is 0.269 e. The second-order valence-corrected chi connectivity index (χ2v) is 6.00. The maximum absolute atomic E-state index is 12.0. The molecule has 1 aromatic carbocycles. The van der Waals surface area contributed by atoms with E-state index in [0.29, 0.717) is 18.9 Å². The zero-order chi connectivity index (χ0) is 17.4. The minimum absolute atomic E-state index is 0.0146. The number of methoxy groups -OCH3 is 1. The number of carbonyl (C=O) groups excluding carboxylic acids is 1. The zero-order valence-corrected chi connectivity index (χ0v) is 13.7. The average molecular weight is 337 g/mol. The normalized spacial score (nSPS) is 16.4. The Morgan fingerprint density at radius 2 is 2.00 bits per heavy atom. The SMILES string of the molecule is COCC1(CNC(=O)COc2ccc([N+](=O)[O-])cc2)CCNCC1. The molecule has 1 fully saturated rings. The van der Waals surface area contributed by atoms with Crippen molar-refractivity contribution in [1.82, 2.24) is 10.6 Å². The van der Waals surface area contributed by atoms with Gasteiger partial charge in [-0.05, 0) is 38.1 Å². The van der Waals surface area contributed by atoms with Gasteiger partial charge in [0, 0.05) is 31.2 Å². The van der Waals surface area contributed by atoms with Crippen LogP contribution in [0.2, 0.25) is 0 Å². The molecule has 1 aliphatic rings. The number of hydrogen-bond donors (Lipinski definition) is 2. The Morgan fingerprint density at radius 3 is 2.58 bits per heavy atom. The zero-order valence-electron chi connectivity index (χ0n) is 13.7. The van der Waals surface area contributed by atoms with Crippen LogP contribution in [0, 0.1) is 15.5 Å². The van der Waals surface area contributed by atoms with Crippen LogP contribution in [0.5, 0.6) is 5.75 Å². The molecule has 1 saturated heterocycles. The first kappa shape index (κ1) is 18.2. The highest BCUT2D eigenvalue weighted by atomic mass is 16.6. The average Bonchev–Trinajstić information content (AvgIpc) is 2.60. The van der Waals surface area contributed by atoms with Crippen LogP contribution in [0.1, 0.15) is 12.8 Å². The van der Waals surface area contributed by atoms with E-state index >= 15 is 0 Å². The molecule has 24 heavy (non-hydrogen) atoms. The fourth-order valence-electron chi connectivity index (χ4n) is 2.79. The van der Waals surface area contributed by atoms with Crippen molar-refractivity contribution in [3.8, 4) is 5.75 Å². The molecular weight excluding hydrogens is 314 g/mol. The summed E-state index contributed by atoms with van der Waals surface area (Å²) in [4.78, 5) is 22.1. The largest absolute Gasteiger partial charge is 0.484 e. The highest BCUT2D eigenvalue weighted by molar-refractivity contribution is 5.77. The quantitative estimate of drug-likeness (QED) is 0.544. The van der Waals surface area contributed by atoms with E-state index in [1.54, 1.807) is 7.11 Å². The Labute approximate surface area is 140 Å². The van der Waals surface area contributed by atoms with Crippen molar-refractivity contribution >= 4 is 11.6 Å². The van der Waals surface area contributed by atoms with Crippen LogP contribution in [0.3, 0.4) is 0 Å². The lowest BCUT2D eigenvalue weighted by atomic mass is 9.79. The predicted octanol–water partition coefficient (Wildman–Crippen LogP) is 1.11. The minimum Gasteiger partial charge on any atom is -0.484 e. The highest BCUT2D eigenvalue weighted by Gasteiger charge is 2.32.